The Morgan fingerprint density at radius 2 is 1.95 bits per heavy atom. The molecule has 0 fully saturated rings. The van der Waals surface area contributed by atoms with Gasteiger partial charge in [-0.15, -0.1) is 0 Å². The van der Waals surface area contributed by atoms with Crippen LogP contribution in [0.15, 0.2) is 34.1 Å². The second kappa shape index (κ2) is 4.13. The molecule has 0 atom stereocenters. The number of nitrogens with two attached hydrogens (primary N) is 1. The predicted molar refractivity (Wildman–Crippen MR) is 72.7 cm³/mol. The molecule has 3 rings (SSSR count). The minimum atomic E-state index is -3.83. The van der Waals surface area contributed by atoms with E-state index >= 15 is 0 Å². The molecule has 2 aromatic heterocycles. The number of aromatic amines is 3. The van der Waals surface area contributed by atoms with Crippen molar-refractivity contribution < 1.29 is 8.42 Å². The number of nitrogens with zero attached hydrogens (tertiary/aromatic N) is 1. The maximum atomic E-state index is 12.1. The molecule has 10 heteroatoms. The van der Waals surface area contributed by atoms with Gasteiger partial charge in [0.25, 0.3) is 10.0 Å². The lowest BCUT2D eigenvalue weighted by Gasteiger charge is -2.06. The zero-order valence-corrected chi connectivity index (χ0v) is 10.8. The molecule has 0 spiro atoms. The summed E-state index contributed by atoms with van der Waals surface area (Å²) < 4.78 is 26.5. The summed E-state index contributed by atoms with van der Waals surface area (Å²) in [6.07, 6.45) is 1.12. The standard InChI is InChI=1S/C10H10N6O3S/c11-9-8(4-12-15-9)20(18,19)16-5-1-2-6-7(3-5)14-10(17)13-6/h1-4,16H,(H3,11,12,15)(H2,13,14,17). The van der Waals surface area contributed by atoms with E-state index in [9.17, 15) is 13.2 Å². The highest BCUT2D eigenvalue weighted by molar-refractivity contribution is 7.92. The van der Waals surface area contributed by atoms with E-state index in [1.165, 1.54) is 12.1 Å². The van der Waals surface area contributed by atoms with Crippen LogP contribution in [0.2, 0.25) is 0 Å². The zero-order chi connectivity index (χ0) is 14.3. The quantitative estimate of drug-likeness (QED) is 0.459. The number of hydrogen-bond donors (Lipinski definition) is 5. The highest BCUT2D eigenvalue weighted by Gasteiger charge is 2.19. The van der Waals surface area contributed by atoms with Gasteiger partial charge in [0.15, 0.2) is 0 Å². The van der Waals surface area contributed by atoms with E-state index in [0.717, 1.165) is 6.20 Å². The molecule has 0 saturated heterocycles. The van der Waals surface area contributed by atoms with E-state index in [1.807, 2.05) is 0 Å². The molecule has 104 valence electrons. The van der Waals surface area contributed by atoms with Crippen molar-refractivity contribution in [1.82, 2.24) is 20.2 Å². The third-order valence-corrected chi connectivity index (χ3v) is 4.10. The summed E-state index contributed by atoms with van der Waals surface area (Å²) in [5.74, 6) is -0.0476. The SMILES string of the molecule is Nc1[nH]ncc1S(=O)(=O)Nc1ccc2[nH]c(=O)[nH]c2c1. The summed E-state index contributed by atoms with van der Waals surface area (Å²) in [4.78, 5) is 16.1. The maximum Gasteiger partial charge on any atom is 0.323 e. The molecule has 1 aromatic carbocycles. The van der Waals surface area contributed by atoms with Gasteiger partial charge in [-0.05, 0) is 18.2 Å². The Morgan fingerprint density at radius 3 is 2.65 bits per heavy atom. The Bertz CT molecular complexity index is 935. The highest BCUT2D eigenvalue weighted by atomic mass is 32.2. The average molecular weight is 294 g/mol. The Morgan fingerprint density at radius 1 is 1.20 bits per heavy atom. The molecule has 0 aliphatic heterocycles. The van der Waals surface area contributed by atoms with Gasteiger partial charge in [-0.1, -0.05) is 0 Å². The van der Waals surface area contributed by atoms with Crippen molar-refractivity contribution in [2.24, 2.45) is 0 Å². The lowest BCUT2D eigenvalue weighted by Crippen LogP contribution is -2.13. The van der Waals surface area contributed by atoms with Gasteiger partial charge in [0, 0.05) is 0 Å². The zero-order valence-electron chi connectivity index (χ0n) is 9.97. The van der Waals surface area contributed by atoms with Gasteiger partial charge in [-0.3, -0.25) is 9.82 Å². The van der Waals surface area contributed by atoms with E-state index in [0.29, 0.717) is 16.7 Å². The largest absolute Gasteiger partial charge is 0.383 e. The summed E-state index contributed by atoms with van der Waals surface area (Å²) in [6.45, 7) is 0. The molecule has 3 aromatic rings. The fourth-order valence-electron chi connectivity index (χ4n) is 1.81. The van der Waals surface area contributed by atoms with Crippen LogP contribution in [0, 0.1) is 0 Å². The Kier molecular flexibility index (Phi) is 2.54. The number of sulfonamides is 1. The van der Waals surface area contributed by atoms with Gasteiger partial charge < -0.3 is 15.7 Å². The van der Waals surface area contributed by atoms with Crippen LogP contribution in [-0.2, 0) is 10.0 Å². The molecule has 0 aliphatic rings. The van der Waals surface area contributed by atoms with Crippen molar-refractivity contribution in [3.8, 4) is 0 Å². The number of nitrogens with one attached hydrogen (secondary N) is 4. The first-order chi connectivity index (χ1) is 9.45. The molecular formula is C10H10N6O3S. The topological polar surface area (TPSA) is 150 Å². The predicted octanol–water partition coefficient (Wildman–Crippen LogP) is -0.0377. The Hall–Kier alpha value is -2.75. The fourth-order valence-corrected chi connectivity index (χ4v) is 2.88. The minimum Gasteiger partial charge on any atom is -0.383 e. The molecule has 0 saturated carbocycles. The number of anilines is 2. The lowest BCUT2D eigenvalue weighted by atomic mass is 10.3. The first-order valence-electron chi connectivity index (χ1n) is 5.49. The van der Waals surface area contributed by atoms with Crippen LogP contribution < -0.4 is 16.1 Å². The number of H-pyrrole nitrogens is 3. The second-order valence-electron chi connectivity index (χ2n) is 4.09. The summed E-state index contributed by atoms with van der Waals surface area (Å²) >= 11 is 0. The molecule has 0 radical (unpaired) electrons. The molecule has 0 bridgehead atoms. The van der Waals surface area contributed by atoms with Gasteiger partial charge in [-0.25, -0.2) is 13.2 Å². The van der Waals surface area contributed by atoms with E-state index in [2.05, 4.69) is 24.9 Å². The van der Waals surface area contributed by atoms with Crippen LogP contribution in [-0.4, -0.2) is 28.6 Å². The van der Waals surface area contributed by atoms with Gasteiger partial charge >= 0.3 is 5.69 Å². The number of hydrogen-bond acceptors (Lipinski definition) is 5. The van der Waals surface area contributed by atoms with Gasteiger partial charge in [-0.2, -0.15) is 5.10 Å². The molecule has 2 heterocycles. The lowest BCUT2D eigenvalue weighted by molar-refractivity contribution is 0.601. The molecule has 0 amide bonds. The van der Waals surface area contributed by atoms with Crippen LogP contribution in [0.3, 0.4) is 0 Å². The molecule has 20 heavy (non-hydrogen) atoms. The summed E-state index contributed by atoms with van der Waals surface area (Å²) in [5.41, 5.74) is 6.50. The van der Waals surface area contributed by atoms with Crippen LogP contribution >= 0.6 is 0 Å². The first kappa shape index (κ1) is 12.3. The Balaban J connectivity index is 2.00. The van der Waals surface area contributed by atoms with Crippen LogP contribution in [0.5, 0.6) is 0 Å². The van der Waals surface area contributed by atoms with Gasteiger partial charge in [0.1, 0.15) is 10.7 Å². The normalized spacial score (nSPS) is 11.8. The van der Waals surface area contributed by atoms with Crippen LogP contribution in [0.4, 0.5) is 11.5 Å². The number of benzene rings is 1. The third-order valence-electron chi connectivity index (χ3n) is 2.69. The summed E-state index contributed by atoms with van der Waals surface area (Å²) in [6, 6.07) is 4.62. The average Bonchev–Trinajstić information content (AvgIpc) is 2.93. The Labute approximate surface area is 112 Å². The van der Waals surface area contributed by atoms with Gasteiger partial charge in [0.05, 0.1) is 22.9 Å². The van der Waals surface area contributed by atoms with Crippen molar-refractivity contribution >= 4 is 32.6 Å². The number of nitrogen functional groups attached to an aromatic ring is 1. The van der Waals surface area contributed by atoms with Crippen LogP contribution in [0.25, 0.3) is 11.0 Å². The third kappa shape index (κ3) is 2.01. The summed E-state index contributed by atoms with van der Waals surface area (Å²) in [7, 11) is -3.83. The van der Waals surface area contributed by atoms with Crippen LogP contribution in [0.1, 0.15) is 0 Å². The van der Waals surface area contributed by atoms with E-state index in [4.69, 9.17) is 5.73 Å². The maximum absolute atomic E-state index is 12.1. The smallest absolute Gasteiger partial charge is 0.323 e. The van der Waals surface area contributed by atoms with Gasteiger partial charge in [0.2, 0.25) is 0 Å². The molecule has 0 aliphatic carbocycles. The van der Waals surface area contributed by atoms with Crippen molar-refractivity contribution in [2.75, 3.05) is 10.5 Å². The number of aromatic nitrogens is 4. The van der Waals surface area contributed by atoms with Crippen molar-refractivity contribution in [1.29, 1.82) is 0 Å². The van der Waals surface area contributed by atoms with E-state index in [-0.39, 0.29) is 16.4 Å². The highest BCUT2D eigenvalue weighted by Crippen LogP contribution is 2.21. The minimum absolute atomic E-state index is 0.0476. The molecular weight excluding hydrogens is 284 g/mol. The van der Waals surface area contributed by atoms with E-state index in [1.54, 1.807) is 6.07 Å². The van der Waals surface area contributed by atoms with Crippen molar-refractivity contribution in [2.45, 2.75) is 4.90 Å². The van der Waals surface area contributed by atoms with Crippen molar-refractivity contribution in [3.05, 3.63) is 34.9 Å². The number of rotatable bonds is 3. The fraction of sp³-hybridized carbons (Fsp3) is 0. The molecule has 0 unspecified atom stereocenters. The molecule has 9 nitrogen and oxygen atoms in total. The van der Waals surface area contributed by atoms with Crippen molar-refractivity contribution in [3.63, 3.8) is 0 Å². The number of fused-ring (bicyclic) bond motifs is 1. The monoisotopic (exact) mass is 294 g/mol. The number of imidazole rings is 1. The summed E-state index contributed by atoms with van der Waals surface area (Å²) in [5, 5.41) is 5.91. The first-order valence-corrected chi connectivity index (χ1v) is 6.98. The second-order valence-corrected chi connectivity index (χ2v) is 5.74. The molecule has 6 N–H and O–H groups in total. The van der Waals surface area contributed by atoms with E-state index < -0.39 is 10.0 Å².